The van der Waals surface area contributed by atoms with Crippen LogP contribution in [0.2, 0.25) is 0 Å². The zero-order valence-electron chi connectivity index (χ0n) is 35.5. The lowest BCUT2D eigenvalue weighted by molar-refractivity contribution is -0.156. The van der Waals surface area contributed by atoms with Crippen molar-refractivity contribution in [2.24, 2.45) is 11.8 Å². The van der Waals surface area contributed by atoms with E-state index in [4.69, 9.17) is 4.74 Å². The van der Waals surface area contributed by atoms with Gasteiger partial charge >= 0.3 is 11.9 Å². The van der Waals surface area contributed by atoms with Gasteiger partial charge in [-0.05, 0) is 77.0 Å². The average molecular weight is 842 g/mol. The lowest BCUT2D eigenvalue weighted by Crippen LogP contribution is -2.62. The van der Waals surface area contributed by atoms with Gasteiger partial charge < -0.3 is 52.2 Å². The number of hydrogen-bond donors (Lipinski definition) is 9. The Morgan fingerprint density at radius 3 is 2.03 bits per heavy atom. The van der Waals surface area contributed by atoms with Gasteiger partial charge in [-0.2, -0.15) is 0 Å². The molecule has 330 valence electrons. The smallest absolute Gasteiger partial charge is 0.328 e. The van der Waals surface area contributed by atoms with Crippen molar-refractivity contribution >= 4 is 53.3 Å². The molecule has 0 saturated carbocycles. The number of ether oxygens (including phenoxy) is 1. The monoisotopic (exact) mass is 841 g/mol. The van der Waals surface area contributed by atoms with Crippen molar-refractivity contribution in [2.75, 3.05) is 0 Å². The van der Waals surface area contributed by atoms with Crippen LogP contribution in [0.5, 0.6) is 5.75 Å². The number of phenolic OH excluding ortho intramolecular Hbond substituents is 1. The van der Waals surface area contributed by atoms with Crippen LogP contribution in [0.25, 0.3) is 0 Å². The fraction of sp³-hybridized carbons (Fsp3) is 0.537. The largest absolute Gasteiger partial charge is 0.508 e. The summed E-state index contributed by atoms with van der Waals surface area (Å²) in [5.41, 5.74) is 0.829. The molecule has 9 N–H and O–H groups in total. The quantitative estimate of drug-likeness (QED) is 0.0907. The third-order valence-corrected chi connectivity index (χ3v) is 9.15. The fourth-order valence-corrected chi connectivity index (χ4v) is 5.91. The fourth-order valence-electron chi connectivity index (χ4n) is 5.91. The van der Waals surface area contributed by atoms with Crippen LogP contribution in [0.3, 0.4) is 0 Å². The van der Waals surface area contributed by atoms with Crippen molar-refractivity contribution in [1.29, 1.82) is 0 Å². The maximum atomic E-state index is 14.2. The summed E-state index contributed by atoms with van der Waals surface area (Å²) in [6.07, 6.45) is -0.0261. The molecule has 1 fully saturated rings. The summed E-state index contributed by atoms with van der Waals surface area (Å²) in [4.78, 5) is 120. The van der Waals surface area contributed by atoms with Crippen LogP contribution in [0, 0.1) is 11.8 Å². The maximum Gasteiger partial charge on any atom is 0.328 e. The highest BCUT2D eigenvalue weighted by Gasteiger charge is 2.38. The van der Waals surface area contributed by atoms with Crippen LogP contribution < -0.4 is 37.2 Å². The molecule has 0 aliphatic carbocycles. The maximum absolute atomic E-state index is 14.2. The van der Waals surface area contributed by atoms with Crippen molar-refractivity contribution < 1.29 is 58.1 Å². The summed E-state index contributed by atoms with van der Waals surface area (Å²) in [6, 6.07) is -2.70. The molecule has 7 atom stereocenters. The number of benzene rings is 1. The number of carbonyl (C=O) groups excluding carboxylic acids is 8. The Kier molecular flexibility index (Phi) is 19.4. The zero-order chi connectivity index (χ0) is 45.4. The van der Waals surface area contributed by atoms with Crippen molar-refractivity contribution in [3.05, 3.63) is 53.3 Å². The molecule has 7 unspecified atom stereocenters. The van der Waals surface area contributed by atoms with Gasteiger partial charge in [0.1, 0.15) is 53.8 Å². The summed E-state index contributed by atoms with van der Waals surface area (Å²) in [6.45, 7) is 14.3. The van der Waals surface area contributed by atoms with Crippen LogP contribution in [-0.4, -0.2) is 106 Å². The van der Waals surface area contributed by atoms with Gasteiger partial charge in [-0.25, -0.2) is 4.79 Å². The van der Waals surface area contributed by atoms with Gasteiger partial charge in [0.05, 0.1) is 0 Å². The highest BCUT2D eigenvalue weighted by Crippen LogP contribution is 2.15. The minimum Gasteiger partial charge on any atom is -0.508 e. The average Bonchev–Trinajstić information content (AvgIpc) is 3.15. The third kappa shape index (κ3) is 16.2. The molecule has 1 aromatic carbocycles. The van der Waals surface area contributed by atoms with Gasteiger partial charge in [0.2, 0.25) is 35.4 Å². The van der Waals surface area contributed by atoms with E-state index in [0.717, 1.165) is 0 Å². The van der Waals surface area contributed by atoms with E-state index in [1.807, 2.05) is 0 Å². The van der Waals surface area contributed by atoms with Crippen LogP contribution in [-0.2, 0) is 54.3 Å². The van der Waals surface area contributed by atoms with E-state index >= 15 is 0 Å². The molecular formula is C41H59N7O12. The Labute approximate surface area is 349 Å². The first-order chi connectivity index (χ1) is 28.0. The first-order valence-electron chi connectivity index (χ1n) is 19.7. The summed E-state index contributed by atoms with van der Waals surface area (Å²) >= 11 is 0. The predicted octanol–water partition coefficient (Wildman–Crippen LogP) is 0.362. The lowest BCUT2D eigenvalue weighted by atomic mass is 10.00. The molecule has 1 heterocycles. The van der Waals surface area contributed by atoms with E-state index in [1.54, 1.807) is 41.5 Å². The third-order valence-electron chi connectivity index (χ3n) is 9.15. The number of cyclic esters (lactones) is 1. The Morgan fingerprint density at radius 2 is 1.48 bits per heavy atom. The number of nitrogens with one attached hydrogen (secondary N) is 7. The van der Waals surface area contributed by atoms with E-state index in [9.17, 15) is 53.4 Å². The van der Waals surface area contributed by atoms with Crippen molar-refractivity contribution in [1.82, 2.24) is 37.2 Å². The number of phenols is 1. The Balaban J connectivity index is 2.63. The van der Waals surface area contributed by atoms with Gasteiger partial charge in [-0.15, -0.1) is 0 Å². The van der Waals surface area contributed by atoms with Gasteiger partial charge in [-0.3, -0.25) is 38.4 Å². The molecule has 19 nitrogen and oxygen atoms in total. The van der Waals surface area contributed by atoms with E-state index < -0.39 is 108 Å². The lowest BCUT2D eigenvalue weighted by Gasteiger charge is -2.30. The summed E-state index contributed by atoms with van der Waals surface area (Å²) in [5.74, 6) is -9.01. The second-order valence-electron chi connectivity index (χ2n) is 15.6. The number of aliphatic carboxylic acids is 1. The molecule has 1 aliphatic heterocycles. The molecule has 1 aromatic rings. The minimum atomic E-state index is -1.73. The number of rotatable bonds is 14. The molecule has 7 amide bonds. The standard InChI is InChI=1S/C41H59N7O12/c1-10-27-36(54)44-28(15-16-32(51)52)37(55)46-30(17-20(2)3)41(59)60-24(9)34(40(58)42-23(8)35(53)43-27)48-38(56)29(19-25-11-13-26(49)14-12-25)45-39(57)33(22(6)7)47-31(50)18-21(4)5/h10-14,18,20,22-24,28-30,33-34,49H,15-17,19H2,1-9H3,(H,42,58)(H,43,53)(H,44,54)(H,45,57)(H,46,55)(H,47,50)(H,48,56)(H,51,52). The number of carboxylic acids is 1. The molecule has 0 aromatic heterocycles. The molecule has 0 bridgehead atoms. The number of allylic oxidation sites excluding steroid dienone is 2. The molecule has 0 spiro atoms. The zero-order valence-corrected chi connectivity index (χ0v) is 35.5. The molecule has 1 aliphatic rings. The molecular weight excluding hydrogens is 782 g/mol. The molecule has 60 heavy (non-hydrogen) atoms. The molecule has 0 radical (unpaired) electrons. The Morgan fingerprint density at radius 1 is 0.850 bits per heavy atom. The Bertz CT molecular complexity index is 1820. The number of carbonyl (C=O) groups is 9. The van der Waals surface area contributed by atoms with Gasteiger partial charge in [-0.1, -0.05) is 51.5 Å². The topological polar surface area (TPSA) is 288 Å². The van der Waals surface area contributed by atoms with E-state index in [0.29, 0.717) is 11.1 Å². The first kappa shape index (κ1) is 49.9. The first-order valence-corrected chi connectivity index (χ1v) is 19.7. The summed E-state index contributed by atoms with van der Waals surface area (Å²) in [7, 11) is 0. The van der Waals surface area contributed by atoms with Gasteiger partial charge in [0.25, 0.3) is 5.91 Å². The predicted molar refractivity (Wildman–Crippen MR) is 217 cm³/mol. The number of esters is 1. The Hall–Kier alpha value is -6.27. The SMILES string of the molecule is CC=C1NC(=O)C(C)NC(=O)C(NC(=O)C(Cc2ccc(O)cc2)NC(=O)C(NC(=O)C=C(C)C)C(C)C)C(C)OC(=O)C(CC(C)C)NC(=O)C(CCC(=O)O)NC1=O. The molecule has 2 rings (SSSR count). The second-order valence-corrected chi connectivity index (χ2v) is 15.6. The van der Waals surface area contributed by atoms with Crippen molar-refractivity contribution in [3.8, 4) is 5.75 Å². The van der Waals surface area contributed by atoms with Crippen molar-refractivity contribution in [2.45, 2.75) is 130 Å². The summed E-state index contributed by atoms with van der Waals surface area (Å²) < 4.78 is 5.70. The van der Waals surface area contributed by atoms with Crippen LogP contribution in [0.4, 0.5) is 0 Å². The second kappa shape index (κ2) is 23.4. The number of aromatic hydroxyl groups is 1. The number of hydrogen-bond acceptors (Lipinski definition) is 11. The van der Waals surface area contributed by atoms with E-state index in [1.165, 1.54) is 57.2 Å². The van der Waals surface area contributed by atoms with E-state index in [-0.39, 0.29) is 36.6 Å². The number of carboxylic acid groups (broad SMARTS) is 1. The normalized spacial score (nSPS) is 22.3. The van der Waals surface area contributed by atoms with Crippen LogP contribution in [0.15, 0.2) is 47.7 Å². The number of amides is 7. The van der Waals surface area contributed by atoms with E-state index in [2.05, 4.69) is 37.2 Å². The van der Waals surface area contributed by atoms with Crippen LogP contribution in [0.1, 0.15) is 87.1 Å². The van der Waals surface area contributed by atoms with Gasteiger partial charge in [0.15, 0.2) is 0 Å². The minimum absolute atomic E-state index is 0.00915. The highest BCUT2D eigenvalue weighted by atomic mass is 16.5. The highest BCUT2D eigenvalue weighted by molar-refractivity contribution is 6.02. The molecule has 1 saturated heterocycles. The van der Waals surface area contributed by atoms with Crippen LogP contribution >= 0.6 is 0 Å². The van der Waals surface area contributed by atoms with Crippen molar-refractivity contribution in [3.63, 3.8) is 0 Å². The van der Waals surface area contributed by atoms with Gasteiger partial charge in [0, 0.05) is 18.9 Å². The molecule has 19 heteroatoms. The summed E-state index contributed by atoms with van der Waals surface area (Å²) in [5, 5.41) is 36.7.